The van der Waals surface area contributed by atoms with Gasteiger partial charge < -0.3 is 5.11 Å². The van der Waals surface area contributed by atoms with E-state index in [1.54, 1.807) is 24.3 Å². The maximum Gasteiger partial charge on any atom is 0.163 e. The number of ketones is 1. The van der Waals surface area contributed by atoms with Crippen molar-refractivity contribution in [1.29, 1.82) is 0 Å². The van der Waals surface area contributed by atoms with E-state index in [1.807, 2.05) is 0 Å². The van der Waals surface area contributed by atoms with Crippen LogP contribution in [0.5, 0.6) is 5.75 Å². The quantitative estimate of drug-likeness (QED) is 0.808. The highest BCUT2D eigenvalue weighted by Gasteiger charge is 2.40. The van der Waals surface area contributed by atoms with Crippen LogP contribution in [-0.2, 0) is 0 Å². The van der Waals surface area contributed by atoms with Gasteiger partial charge in [-0.15, -0.1) is 0 Å². The van der Waals surface area contributed by atoms with Gasteiger partial charge in [0.05, 0.1) is 0 Å². The van der Waals surface area contributed by atoms with E-state index in [-0.39, 0.29) is 11.5 Å². The van der Waals surface area contributed by atoms with Crippen molar-refractivity contribution >= 4 is 5.78 Å². The molecular weight excluding hydrogens is 212 g/mol. The Balaban J connectivity index is 1.65. The van der Waals surface area contributed by atoms with Gasteiger partial charge in [0.1, 0.15) is 5.75 Å². The zero-order chi connectivity index (χ0) is 11.8. The smallest absolute Gasteiger partial charge is 0.163 e. The molecule has 2 aliphatic carbocycles. The predicted octanol–water partition coefficient (Wildman–Crippen LogP) is 3.40. The molecule has 3 atom stereocenters. The number of aromatic hydroxyl groups is 1. The Hall–Kier alpha value is -1.31. The van der Waals surface area contributed by atoms with Gasteiger partial charge in [0, 0.05) is 12.0 Å². The van der Waals surface area contributed by atoms with E-state index >= 15 is 0 Å². The Labute approximate surface area is 102 Å². The van der Waals surface area contributed by atoms with Gasteiger partial charge in [-0.05, 0) is 61.3 Å². The molecule has 0 heterocycles. The van der Waals surface area contributed by atoms with Crippen LogP contribution in [0, 0.1) is 17.8 Å². The molecule has 2 nitrogen and oxygen atoms in total. The number of benzene rings is 1. The number of hydrogen-bond donors (Lipinski definition) is 1. The second kappa shape index (κ2) is 4.17. The van der Waals surface area contributed by atoms with Crippen LogP contribution in [0.25, 0.3) is 0 Å². The molecule has 0 aromatic heterocycles. The lowest BCUT2D eigenvalue weighted by Gasteiger charge is -2.20. The van der Waals surface area contributed by atoms with E-state index in [4.69, 9.17) is 0 Å². The second-order valence-corrected chi connectivity index (χ2v) is 5.61. The minimum Gasteiger partial charge on any atom is -0.508 e. The monoisotopic (exact) mass is 230 g/mol. The van der Waals surface area contributed by atoms with Crippen LogP contribution in [0.1, 0.15) is 42.5 Å². The lowest BCUT2D eigenvalue weighted by Crippen LogP contribution is -2.15. The molecule has 0 radical (unpaired) electrons. The molecule has 0 aliphatic heterocycles. The first-order chi connectivity index (χ1) is 8.22. The first-order valence-corrected chi connectivity index (χ1v) is 6.54. The van der Waals surface area contributed by atoms with Crippen LogP contribution in [0.15, 0.2) is 24.3 Å². The second-order valence-electron chi connectivity index (χ2n) is 5.61. The Bertz CT molecular complexity index is 421. The first-order valence-electron chi connectivity index (χ1n) is 6.54. The predicted molar refractivity (Wildman–Crippen MR) is 66.0 cm³/mol. The number of fused-ring (bicyclic) bond motifs is 2. The molecule has 17 heavy (non-hydrogen) atoms. The summed E-state index contributed by atoms with van der Waals surface area (Å²) in [4.78, 5) is 12.1. The van der Waals surface area contributed by atoms with E-state index < -0.39 is 0 Å². The minimum atomic E-state index is 0.224. The molecule has 3 rings (SSSR count). The van der Waals surface area contributed by atoms with Crippen LogP contribution in [-0.4, -0.2) is 10.9 Å². The van der Waals surface area contributed by atoms with E-state index in [2.05, 4.69) is 0 Å². The van der Waals surface area contributed by atoms with Crippen molar-refractivity contribution < 1.29 is 9.90 Å². The van der Waals surface area contributed by atoms with Crippen LogP contribution >= 0.6 is 0 Å². The lowest BCUT2D eigenvalue weighted by atomic mass is 9.84. The fourth-order valence-electron chi connectivity index (χ4n) is 3.63. The maximum absolute atomic E-state index is 12.1. The lowest BCUT2D eigenvalue weighted by molar-refractivity contribution is 0.0944. The molecule has 1 aromatic carbocycles. The highest BCUT2D eigenvalue weighted by molar-refractivity contribution is 5.96. The zero-order valence-electron chi connectivity index (χ0n) is 9.93. The fourth-order valence-corrected chi connectivity index (χ4v) is 3.63. The molecule has 2 fully saturated rings. The summed E-state index contributed by atoms with van der Waals surface area (Å²) < 4.78 is 0. The molecule has 2 aliphatic rings. The van der Waals surface area contributed by atoms with Crippen molar-refractivity contribution in [3.8, 4) is 5.75 Å². The molecule has 0 amide bonds. The molecule has 90 valence electrons. The van der Waals surface area contributed by atoms with Gasteiger partial charge in [-0.1, -0.05) is 6.42 Å². The summed E-state index contributed by atoms with van der Waals surface area (Å²) >= 11 is 0. The summed E-state index contributed by atoms with van der Waals surface area (Å²) in [6, 6.07) is 6.64. The molecule has 2 saturated carbocycles. The van der Waals surface area contributed by atoms with Crippen LogP contribution in [0.4, 0.5) is 0 Å². The Kier molecular flexibility index (Phi) is 2.65. The van der Waals surface area contributed by atoms with Crippen molar-refractivity contribution in [3.05, 3.63) is 29.8 Å². The highest BCUT2D eigenvalue weighted by Crippen LogP contribution is 2.49. The molecule has 1 aromatic rings. The van der Waals surface area contributed by atoms with Gasteiger partial charge in [-0.2, -0.15) is 0 Å². The summed E-state index contributed by atoms with van der Waals surface area (Å²) in [5, 5.41) is 9.20. The summed E-state index contributed by atoms with van der Waals surface area (Å²) in [5.41, 5.74) is 0.741. The van der Waals surface area contributed by atoms with Crippen molar-refractivity contribution in [1.82, 2.24) is 0 Å². The van der Waals surface area contributed by atoms with Gasteiger partial charge in [0.2, 0.25) is 0 Å². The summed E-state index contributed by atoms with van der Waals surface area (Å²) in [7, 11) is 0. The number of carbonyl (C=O) groups excluding carboxylic acids is 1. The number of rotatable bonds is 3. The Morgan fingerprint density at radius 3 is 2.53 bits per heavy atom. The van der Waals surface area contributed by atoms with E-state index in [1.165, 1.54) is 25.7 Å². The summed E-state index contributed by atoms with van der Waals surface area (Å²) in [6.45, 7) is 0. The van der Waals surface area contributed by atoms with E-state index in [0.717, 1.165) is 17.4 Å². The number of carbonyl (C=O) groups is 1. The Morgan fingerprint density at radius 1 is 1.18 bits per heavy atom. The normalized spacial score (nSPS) is 30.7. The number of Topliss-reactive ketones (excluding diaryl/α,β-unsaturated/α-hetero) is 1. The average molecular weight is 230 g/mol. The van der Waals surface area contributed by atoms with Gasteiger partial charge in [0.15, 0.2) is 5.78 Å². The van der Waals surface area contributed by atoms with Gasteiger partial charge >= 0.3 is 0 Å². The molecule has 2 bridgehead atoms. The van der Waals surface area contributed by atoms with Crippen LogP contribution in [0.3, 0.4) is 0 Å². The topological polar surface area (TPSA) is 37.3 Å². The van der Waals surface area contributed by atoms with Crippen LogP contribution < -0.4 is 0 Å². The zero-order valence-corrected chi connectivity index (χ0v) is 9.93. The third kappa shape index (κ3) is 2.08. The van der Waals surface area contributed by atoms with Gasteiger partial charge in [0.25, 0.3) is 0 Å². The average Bonchev–Trinajstić information content (AvgIpc) is 2.91. The number of phenols is 1. The van der Waals surface area contributed by atoms with Gasteiger partial charge in [-0.25, -0.2) is 0 Å². The summed E-state index contributed by atoms with van der Waals surface area (Å²) in [6.07, 6.45) is 6.03. The van der Waals surface area contributed by atoms with Gasteiger partial charge in [-0.3, -0.25) is 4.79 Å². The maximum atomic E-state index is 12.1. The molecule has 3 unspecified atom stereocenters. The molecular formula is C15H18O2. The fraction of sp³-hybridized carbons (Fsp3) is 0.533. The largest absolute Gasteiger partial charge is 0.508 e. The first kappa shape index (κ1) is 10.8. The van der Waals surface area contributed by atoms with Crippen molar-refractivity contribution in [2.75, 3.05) is 0 Å². The van der Waals surface area contributed by atoms with Crippen molar-refractivity contribution in [3.63, 3.8) is 0 Å². The minimum absolute atomic E-state index is 0.224. The van der Waals surface area contributed by atoms with E-state index in [9.17, 15) is 9.90 Å². The standard InChI is InChI=1S/C15H18O2/c16-14-5-3-11(4-6-14)15(17)9-13-8-10-1-2-12(13)7-10/h3-6,10,12-13,16H,1-2,7-9H2. The molecule has 0 spiro atoms. The highest BCUT2D eigenvalue weighted by atomic mass is 16.3. The Morgan fingerprint density at radius 2 is 1.94 bits per heavy atom. The third-order valence-corrected chi connectivity index (χ3v) is 4.52. The molecule has 0 saturated heterocycles. The molecule has 2 heteroatoms. The van der Waals surface area contributed by atoms with Crippen molar-refractivity contribution in [2.45, 2.75) is 32.1 Å². The number of hydrogen-bond acceptors (Lipinski definition) is 2. The number of phenolic OH excluding ortho intramolecular Hbond substituents is 1. The summed E-state index contributed by atoms with van der Waals surface area (Å²) in [5.74, 6) is 2.79. The van der Waals surface area contributed by atoms with E-state index in [0.29, 0.717) is 12.3 Å². The SMILES string of the molecule is O=C(CC1CC2CCC1C2)c1ccc(O)cc1. The third-order valence-electron chi connectivity index (χ3n) is 4.52. The van der Waals surface area contributed by atoms with Crippen LogP contribution in [0.2, 0.25) is 0 Å². The van der Waals surface area contributed by atoms with Crippen molar-refractivity contribution in [2.24, 2.45) is 17.8 Å². The molecule has 1 N–H and O–H groups in total.